The molecule has 1 heterocycles. The summed E-state index contributed by atoms with van der Waals surface area (Å²) in [6.45, 7) is 0. The first-order chi connectivity index (χ1) is 13.3. The zero-order chi connectivity index (χ0) is 18.2. The van der Waals surface area contributed by atoms with E-state index in [1.54, 1.807) is 0 Å². The normalized spacial score (nSPS) is 21.3. The molecule has 2 nitrogen and oxygen atoms in total. The van der Waals surface area contributed by atoms with Gasteiger partial charge in [-0.3, -0.25) is 4.79 Å². The maximum atomic E-state index is 13.3. The van der Waals surface area contributed by atoms with Crippen LogP contribution in [0.4, 0.5) is 0 Å². The van der Waals surface area contributed by atoms with Crippen LogP contribution in [0.3, 0.4) is 0 Å². The summed E-state index contributed by atoms with van der Waals surface area (Å²) in [6, 6.07) is 29.1. The molecule has 1 N–H and O–H groups in total. The Kier molecular flexibility index (Phi) is 3.90. The fourth-order valence-electron chi connectivity index (χ4n) is 4.62. The van der Waals surface area contributed by atoms with Gasteiger partial charge in [-0.1, -0.05) is 84.9 Å². The predicted octanol–water partition coefficient (Wildman–Crippen LogP) is 5.04. The van der Waals surface area contributed by atoms with Crippen molar-refractivity contribution < 1.29 is 4.79 Å². The number of carbonyl (C=O) groups excluding carboxylic acids is 1. The Labute approximate surface area is 159 Å². The van der Waals surface area contributed by atoms with Crippen molar-refractivity contribution in [1.29, 1.82) is 0 Å². The van der Waals surface area contributed by atoms with Crippen LogP contribution in [0.5, 0.6) is 0 Å². The second-order valence-corrected chi connectivity index (χ2v) is 7.32. The second-order valence-electron chi connectivity index (χ2n) is 7.32. The summed E-state index contributed by atoms with van der Waals surface area (Å²) < 4.78 is 0. The minimum Gasteiger partial charge on any atom is -0.325 e. The van der Waals surface area contributed by atoms with Crippen LogP contribution in [0.15, 0.2) is 90.5 Å². The zero-order valence-corrected chi connectivity index (χ0v) is 15.1. The van der Waals surface area contributed by atoms with Crippen LogP contribution >= 0.6 is 0 Å². The summed E-state index contributed by atoms with van der Waals surface area (Å²) in [6.07, 6.45) is 2.01. The molecule has 0 radical (unpaired) electrons. The van der Waals surface area contributed by atoms with Gasteiger partial charge in [-0.05, 0) is 35.1 Å². The lowest BCUT2D eigenvalue weighted by atomic mass is 9.69. The van der Waals surface area contributed by atoms with Crippen molar-refractivity contribution in [1.82, 2.24) is 5.32 Å². The summed E-state index contributed by atoms with van der Waals surface area (Å²) in [7, 11) is 0. The number of amides is 1. The zero-order valence-electron chi connectivity index (χ0n) is 15.1. The molecule has 3 aromatic rings. The fraction of sp³-hybridized carbons (Fsp3) is 0.160. The molecule has 0 aromatic heterocycles. The van der Waals surface area contributed by atoms with Gasteiger partial charge < -0.3 is 5.32 Å². The van der Waals surface area contributed by atoms with Crippen molar-refractivity contribution in [2.75, 3.05) is 0 Å². The van der Waals surface area contributed by atoms with E-state index in [4.69, 9.17) is 0 Å². The van der Waals surface area contributed by atoms with Crippen molar-refractivity contribution in [2.45, 2.75) is 24.7 Å². The van der Waals surface area contributed by atoms with Crippen LogP contribution < -0.4 is 5.32 Å². The number of benzene rings is 3. The number of fused-ring (bicyclic) bond motifs is 2. The SMILES string of the molecule is O=C1NC2=C(CCc3ccccc32)C(c2ccccc2)C1c1ccccc1. The summed E-state index contributed by atoms with van der Waals surface area (Å²) in [5.74, 6) is -0.0335. The topological polar surface area (TPSA) is 29.1 Å². The number of carbonyl (C=O) groups is 1. The van der Waals surface area contributed by atoms with E-state index >= 15 is 0 Å². The van der Waals surface area contributed by atoms with Gasteiger partial charge in [0.05, 0.1) is 5.92 Å². The molecular weight excluding hydrogens is 330 g/mol. The minimum absolute atomic E-state index is 0.0747. The number of rotatable bonds is 2. The molecule has 1 aliphatic carbocycles. The second kappa shape index (κ2) is 6.55. The van der Waals surface area contributed by atoms with Crippen molar-refractivity contribution in [2.24, 2.45) is 0 Å². The molecule has 0 saturated carbocycles. The minimum atomic E-state index is -0.197. The number of hydrogen-bond acceptors (Lipinski definition) is 1. The summed E-state index contributed by atoms with van der Waals surface area (Å²) >= 11 is 0. The highest BCUT2D eigenvalue weighted by molar-refractivity contribution is 5.97. The molecule has 2 unspecified atom stereocenters. The van der Waals surface area contributed by atoms with Gasteiger partial charge in [0.1, 0.15) is 0 Å². The first-order valence-corrected chi connectivity index (χ1v) is 9.55. The molecular formula is C25H21NO. The summed E-state index contributed by atoms with van der Waals surface area (Å²) in [4.78, 5) is 13.3. The van der Waals surface area contributed by atoms with E-state index in [9.17, 15) is 4.79 Å². The molecule has 0 bridgehead atoms. The Bertz CT molecular complexity index is 1020. The first kappa shape index (κ1) is 16.1. The Morgan fingerprint density at radius 2 is 1.26 bits per heavy atom. The summed E-state index contributed by atoms with van der Waals surface area (Å²) in [5, 5.41) is 3.26. The van der Waals surface area contributed by atoms with Gasteiger partial charge in [-0.25, -0.2) is 0 Å². The standard InChI is InChI=1S/C25H21NO/c27-25-23(19-12-5-2-6-13-19)22(18-10-3-1-4-11-18)21-16-15-17-9-7-8-14-20(17)24(21)26-25/h1-14,22-23H,15-16H2,(H,26,27). The fourth-order valence-corrected chi connectivity index (χ4v) is 4.62. The molecule has 1 amide bonds. The molecule has 3 aromatic carbocycles. The van der Waals surface area contributed by atoms with E-state index in [1.807, 2.05) is 24.3 Å². The van der Waals surface area contributed by atoms with Crippen LogP contribution in [0, 0.1) is 0 Å². The Morgan fingerprint density at radius 3 is 1.96 bits per heavy atom. The van der Waals surface area contributed by atoms with Gasteiger partial charge >= 0.3 is 0 Å². The van der Waals surface area contributed by atoms with Gasteiger partial charge in [0.15, 0.2) is 0 Å². The number of nitrogens with one attached hydrogen (secondary N) is 1. The average Bonchev–Trinajstić information content (AvgIpc) is 2.74. The molecule has 0 saturated heterocycles. The molecule has 2 atom stereocenters. The Hall–Kier alpha value is -3.13. The van der Waals surface area contributed by atoms with Crippen LogP contribution in [0.25, 0.3) is 5.70 Å². The lowest BCUT2D eigenvalue weighted by Gasteiger charge is -2.38. The number of aryl methyl sites for hydroxylation is 1. The highest BCUT2D eigenvalue weighted by Crippen LogP contribution is 2.48. The molecule has 132 valence electrons. The molecule has 0 spiro atoms. The smallest absolute Gasteiger partial charge is 0.232 e. The van der Waals surface area contributed by atoms with Crippen molar-refractivity contribution in [3.8, 4) is 0 Å². The lowest BCUT2D eigenvalue weighted by molar-refractivity contribution is -0.122. The molecule has 2 aliphatic rings. The maximum Gasteiger partial charge on any atom is 0.232 e. The quantitative estimate of drug-likeness (QED) is 0.688. The molecule has 1 aliphatic heterocycles. The lowest BCUT2D eigenvalue weighted by Crippen LogP contribution is -2.39. The van der Waals surface area contributed by atoms with E-state index in [1.165, 1.54) is 22.3 Å². The van der Waals surface area contributed by atoms with Gasteiger partial charge in [0.25, 0.3) is 0 Å². The average molecular weight is 351 g/mol. The predicted molar refractivity (Wildman–Crippen MR) is 108 cm³/mol. The van der Waals surface area contributed by atoms with Gasteiger partial charge in [0, 0.05) is 17.2 Å². The van der Waals surface area contributed by atoms with Crippen molar-refractivity contribution >= 4 is 11.6 Å². The third-order valence-electron chi connectivity index (χ3n) is 5.83. The van der Waals surface area contributed by atoms with Crippen molar-refractivity contribution in [3.05, 3.63) is 113 Å². The Morgan fingerprint density at radius 1 is 0.667 bits per heavy atom. The molecule has 0 fully saturated rings. The van der Waals surface area contributed by atoms with Gasteiger partial charge in [0.2, 0.25) is 5.91 Å². The third kappa shape index (κ3) is 2.69. The number of hydrogen-bond donors (Lipinski definition) is 1. The summed E-state index contributed by atoms with van der Waals surface area (Å²) in [5.41, 5.74) is 7.18. The molecule has 5 rings (SSSR count). The Balaban J connectivity index is 1.73. The van der Waals surface area contributed by atoms with E-state index in [2.05, 4.69) is 66.0 Å². The van der Waals surface area contributed by atoms with Crippen molar-refractivity contribution in [3.63, 3.8) is 0 Å². The van der Waals surface area contributed by atoms with Gasteiger partial charge in [-0.15, -0.1) is 0 Å². The largest absolute Gasteiger partial charge is 0.325 e. The molecule has 27 heavy (non-hydrogen) atoms. The van der Waals surface area contributed by atoms with Crippen LogP contribution in [0.1, 0.15) is 40.5 Å². The van der Waals surface area contributed by atoms with E-state index < -0.39 is 0 Å². The van der Waals surface area contributed by atoms with E-state index in [0.29, 0.717) is 0 Å². The highest BCUT2D eigenvalue weighted by atomic mass is 16.2. The maximum absolute atomic E-state index is 13.3. The van der Waals surface area contributed by atoms with Crippen LogP contribution in [-0.4, -0.2) is 5.91 Å². The van der Waals surface area contributed by atoms with E-state index in [-0.39, 0.29) is 17.7 Å². The van der Waals surface area contributed by atoms with Gasteiger partial charge in [-0.2, -0.15) is 0 Å². The van der Waals surface area contributed by atoms with E-state index in [0.717, 1.165) is 24.1 Å². The number of allylic oxidation sites excluding steroid dienone is 1. The third-order valence-corrected chi connectivity index (χ3v) is 5.83. The molecule has 2 heteroatoms. The van der Waals surface area contributed by atoms with Crippen LogP contribution in [0.2, 0.25) is 0 Å². The van der Waals surface area contributed by atoms with Crippen LogP contribution in [-0.2, 0) is 11.2 Å². The monoisotopic (exact) mass is 351 g/mol. The first-order valence-electron chi connectivity index (χ1n) is 9.55. The highest BCUT2D eigenvalue weighted by Gasteiger charge is 2.40.